The number of carbonyl (C=O) groups is 2. The van der Waals surface area contributed by atoms with Gasteiger partial charge in [-0.05, 0) is 30.3 Å². The maximum absolute atomic E-state index is 11.7. The summed E-state index contributed by atoms with van der Waals surface area (Å²) in [5.41, 5.74) is 3.50. The fraction of sp³-hybridized carbons (Fsp3) is 0.0625. The fourth-order valence-corrected chi connectivity index (χ4v) is 1.99. The lowest BCUT2D eigenvalue weighted by Gasteiger charge is -2.04. The minimum absolute atomic E-state index is 0.345. The Morgan fingerprint density at radius 3 is 2.39 bits per heavy atom. The number of hydrogen-bond donors (Lipinski definition) is 2. The molecular formula is C16H13Cl2N3O2. The van der Waals surface area contributed by atoms with Gasteiger partial charge in [0.1, 0.15) is 6.42 Å². The lowest BCUT2D eigenvalue weighted by molar-refractivity contribution is -0.126. The third kappa shape index (κ3) is 5.73. The summed E-state index contributed by atoms with van der Waals surface area (Å²) in [6.45, 7) is 0. The average molecular weight is 350 g/mol. The SMILES string of the molecule is O=C(CC(=O)Nc1ccc(Cl)cc1)NN=Cc1ccccc1Cl. The first-order valence-electron chi connectivity index (χ1n) is 6.66. The molecule has 2 amide bonds. The van der Waals surface area contributed by atoms with Crippen molar-refractivity contribution in [3.05, 3.63) is 64.1 Å². The molecular weight excluding hydrogens is 337 g/mol. The monoisotopic (exact) mass is 349 g/mol. The second-order valence-electron chi connectivity index (χ2n) is 4.55. The summed E-state index contributed by atoms with van der Waals surface area (Å²) in [6.07, 6.45) is 1.07. The predicted octanol–water partition coefficient (Wildman–Crippen LogP) is 3.47. The highest BCUT2D eigenvalue weighted by atomic mass is 35.5. The van der Waals surface area contributed by atoms with Gasteiger partial charge >= 0.3 is 0 Å². The van der Waals surface area contributed by atoms with Crippen molar-refractivity contribution >= 4 is 46.9 Å². The van der Waals surface area contributed by atoms with Gasteiger partial charge in [-0.25, -0.2) is 5.43 Å². The number of anilines is 1. The molecule has 118 valence electrons. The number of amides is 2. The highest BCUT2D eigenvalue weighted by Crippen LogP contribution is 2.13. The Morgan fingerprint density at radius 2 is 1.70 bits per heavy atom. The summed E-state index contributed by atoms with van der Waals surface area (Å²) < 4.78 is 0. The zero-order valence-corrected chi connectivity index (χ0v) is 13.4. The van der Waals surface area contributed by atoms with Gasteiger partial charge in [-0.15, -0.1) is 0 Å². The second kappa shape index (κ2) is 8.31. The topological polar surface area (TPSA) is 70.6 Å². The zero-order valence-electron chi connectivity index (χ0n) is 11.9. The van der Waals surface area contributed by atoms with Crippen molar-refractivity contribution in [2.45, 2.75) is 6.42 Å². The smallest absolute Gasteiger partial charge is 0.249 e. The Kier molecular flexibility index (Phi) is 6.14. The zero-order chi connectivity index (χ0) is 16.7. The molecule has 0 saturated carbocycles. The number of hydrogen-bond acceptors (Lipinski definition) is 3. The van der Waals surface area contributed by atoms with Crippen LogP contribution in [0.4, 0.5) is 5.69 Å². The van der Waals surface area contributed by atoms with Crippen molar-refractivity contribution < 1.29 is 9.59 Å². The molecule has 2 aromatic rings. The summed E-state index contributed by atoms with van der Waals surface area (Å²) in [6, 6.07) is 13.6. The lowest BCUT2D eigenvalue weighted by Crippen LogP contribution is -2.24. The minimum atomic E-state index is -0.528. The molecule has 0 unspecified atom stereocenters. The van der Waals surface area contributed by atoms with Crippen LogP contribution in [0.2, 0.25) is 10.0 Å². The number of halogens is 2. The van der Waals surface area contributed by atoms with Gasteiger partial charge in [0.15, 0.2) is 0 Å². The molecule has 0 spiro atoms. The first kappa shape index (κ1) is 17.0. The quantitative estimate of drug-likeness (QED) is 0.492. The minimum Gasteiger partial charge on any atom is -0.326 e. The number of hydrazone groups is 1. The third-order valence-electron chi connectivity index (χ3n) is 2.75. The van der Waals surface area contributed by atoms with E-state index < -0.39 is 11.8 Å². The number of carbonyl (C=O) groups excluding carboxylic acids is 2. The van der Waals surface area contributed by atoms with Crippen molar-refractivity contribution in [2.75, 3.05) is 5.32 Å². The van der Waals surface area contributed by atoms with Crippen LogP contribution in [0.25, 0.3) is 0 Å². The Morgan fingerprint density at radius 1 is 1.00 bits per heavy atom. The highest BCUT2D eigenvalue weighted by molar-refractivity contribution is 6.33. The van der Waals surface area contributed by atoms with E-state index in [9.17, 15) is 9.59 Å². The van der Waals surface area contributed by atoms with Gasteiger partial charge in [0, 0.05) is 21.3 Å². The van der Waals surface area contributed by atoms with Crippen molar-refractivity contribution in [1.29, 1.82) is 0 Å². The molecule has 0 bridgehead atoms. The number of benzene rings is 2. The van der Waals surface area contributed by atoms with E-state index in [1.165, 1.54) is 6.21 Å². The molecule has 0 aromatic heterocycles. The molecule has 0 saturated heterocycles. The van der Waals surface area contributed by atoms with Gasteiger partial charge in [0.25, 0.3) is 0 Å². The molecule has 0 radical (unpaired) electrons. The van der Waals surface area contributed by atoms with Crippen molar-refractivity contribution in [1.82, 2.24) is 5.43 Å². The van der Waals surface area contributed by atoms with E-state index in [2.05, 4.69) is 15.8 Å². The second-order valence-corrected chi connectivity index (χ2v) is 5.39. The van der Waals surface area contributed by atoms with Gasteiger partial charge in [0.05, 0.1) is 6.21 Å². The van der Waals surface area contributed by atoms with Crippen LogP contribution in [0.1, 0.15) is 12.0 Å². The van der Waals surface area contributed by atoms with Crippen LogP contribution in [0.5, 0.6) is 0 Å². The van der Waals surface area contributed by atoms with Gasteiger partial charge in [-0.2, -0.15) is 5.10 Å². The average Bonchev–Trinajstić information content (AvgIpc) is 2.51. The van der Waals surface area contributed by atoms with Crippen LogP contribution >= 0.6 is 23.2 Å². The van der Waals surface area contributed by atoms with E-state index >= 15 is 0 Å². The van der Waals surface area contributed by atoms with Crippen LogP contribution in [-0.4, -0.2) is 18.0 Å². The van der Waals surface area contributed by atoms with Crippen LogP contribution in [-0.2, 0) is 9.59 Å². The van der Waals surface area contributed by atoms with E-state index in [1.807, 2.05) is 0 Å². The predicted molar refractivity (Wildman–Crippen MR) is 91.9 cm³/mol. The molecule has 0 fully saturated rings. The summed E-state index contributed by atoms with van der Waals surface area (Å²) in [5, 5.41) is 7.44. The number of rotatable bonds is 5. The Hall–Kier alpha value is -2.37. The Balaban J connectivity index is 1.81. The van der Waals surface area contributed by atoms with Crippen molar-refractivity contribution in [3.8, 4) is 0 Å². The van der Waals surface area contributed by atoms with E-state index in [-0.39, 0.29) is 6.42 Å². The van der Waals surface area contributed by atoms with Gasteiger partial charge in [-0.3, -0.25) is 9.59 Å². The first-order chi connectivity index (χ1) is 11.0. The standard InChI is InChI=1S/C16H13Cl2N3O2/c17-12-5-7-13(8-6-12)20-15(22)9-16(23)21-19-10-11-3-1-2-4-14(11)18/h1-8,10H,9H2,(H,20,22)(H,21,23). The maximum Gasteiger partial charge on any atom is 0.249 e. The summed E-state index contributed by atoms with van der Waals surface area (Å²) in [4.78, 5) is 23.4. The molecule has 0 aliphatic rings. The molecule has 0 aliphatic carbocycles. The normalized spacial score (nSPS) is 10.5. The number of nitrogens with zero attached hydrogens (tertiary/aromatic N) is 1. The summed E-state index contributed by atoms with van der Waals surface area (Å²) in [5.74, 6) is -0.975. The van der Waals surface area contributed by atoms with Gasteiger partial charge < -0.3 is 5.32 Å². The van der Waals surface area contributed by atoms with E-state index in [1.54, 1.807) is 48.5 Å². The molecule has 23 heavy (non-hydrogen) atoms. The molecule has 0 atom stereocenters. The van der Waals surface area contributed by atoms with Crippen LogP contribution in [0, 0.1) is 0 Å². The molecule has 0 aliphatic heterocycles. The molecule has 2 rings (SSSR count). The fourth-order valence-electron chi connectivity index (χ4n) is 1.68. The number of nitrogens with one attached hydrogen (secondary N) is 2. The van der Waals surface area contributed by atoms with Crippen LogP contribution < -0.4 is 10.7 Å². The van der Waals surface area contributed by atoms with Gasteiger partial charge in [-0.1, -0.05) is 41.4 Å². The van der Waals surface area contributed by atoms with E-state index in [4.69, 9.17) is 23.2 Å². The van der Waals surface area contributed by atoms with Gasteiger partial charge in [0.2, 0.25) is 11.8 Å². The molecule has 5 nitrogen and oxygen atoms in total. The summed E-state index contributed by atoms with van der Waals surface area (Å²) >= 11 is 11.7. The largest absolute Gasteiger partial charge is 0.326 e. The van der Waals surface area contributed by atoms with E-state index in [0.717, 1.165) is 0 Å². The molecule has 2 N–H and O–H groups in total. The molecule has 7 heteroatoms. The van der Waals surface area contributed by atoms with Crippen LogP contribution in [0.3, 0.4) is 0 Å². The Bertz CT molecular complexity index is 730. The Labute approximate surface area is 143 Å². The summed E-state index contributed by atoms with van der Waals surface area (Å²) in [7, 11) is 0. The lowest BCUT2D eigenvalue weighted by atomic mass is 10.2. The van der Waals surface area contributed by atoms with E-state index in [0.29, 0.717) is 21.3 Å². The highest BCUT2D eigenvalue weighted by Gasteiger charge is 2.08. The maximum atomic E-state index is 11.7. The van der Waals surface area contributed by atoms with Crippen LogP contribution in [0.15, 0.2) is 53.6 Å². The van der Waals surface area contributed by atoms with Crippen molar-refractivity contribution in [3.63, 3.8) is 0 Å². The first-order valence-corrected chi connectivity index (χ1v) is 7.42. The molecule has 2 aromatic carbocycles. The van der Waals surface area contributed by atoms with Crippen molar-refractivity contribution in [2.24, 2.45) is 5.10 Å². The molecule has 0 heterocycles. The third-order valence-corrected chi connectivity index (χ3v) is 3.34.